The van der Waals surface area contributed by atoms with Crippen molar-refractivity contribution in [3.05, 3.63) is 89.1 Å². The largest absolute Gasteiger partial charge is 0.367 e. The highest BCUT2D eigenvalue weighted by molar-refractivity contribution is 6.31. The molecule has 0 atom stereocenters. The number of benzene rings is 3. The van der Waals surface area contributed by atoms with Crippen LogP contribution in [0.3, 0.4) is 0 Å². The van der Waals surface area contributed by atoms with Gasteiger partial charge in [-0.05, 0) is 46.3 Å². The Morgan fingerprint density at radius 1 is 0.944 bits per heavy atom. The van der Waals surface area contributed by atoms with E-state index >= 15 is 0 Å². The van der Waals surface area contributed by atoms with Gasteiger partial charge in [-0.25, -0.2) is 5.10 Å². The van der Waals surface area contributed by atoms with E-state index in [0.717, 1.165) is 10.9 Å². The first-order valence-corrected chi connectivity index (χ1v) is 11.3. The number of rotatable bonds is 8. The summed E-state index contributed by atoms with van der Waals surface area (Å²) in [6.07, 6.45) is 0. The summed E-state index contributed by atoms with van der Waals surface area (Å²) < 4.78 is 5.51. The van der Waals surface area contributed by atoms with Gasteiger partial charge in [-0.15, -0.1) is 5.10 Å². The molecule has 0 saturated carbocycles. The topological polar surface area (TPSA) is 138 Å². The second-order valence-corrected chi connectivity index (χ2v) is 8.31. The van der Waals surface area contributed by atoms with Crippen LogP contribution < -0.4 is 10.6 Å². The maximum absolute atomic E-state index is 13.1. The number of carbonyl (C=O) groups excluding carboxylic acids is 2. The number of tetrazole rings is 1. The van der Waals surface area contributed by atoms with Gasteiger partial charge in [0, 0.05) is 16.0 Å². The smallest absolute Gasteiger partial charge is 0.272 e. The van der Waals surface area contributed by atoms with Crippen LogP contribution in [-0.4, -0.2) is 44.0 Å². The molecular formula is C25H20ClN7O3. The van der Waals surface area contributed by atoms with Crippen molar-refractivity contribution in [3.63, 3.8) is 0 Å². The maximum Gasteiger partial charge on any atom is 0.272 e. The minimum atomic E-state index is -0.384. The molecule has 5 rings (SSSR count). The highest BCUT2D eigenvalue weighted by atomic mass is 35.5. The zero-order valence-corrected chi connectivity index (χ0v) is 19.5. The van der Waals surface area contributed by atoms with Crippen molar-refractivity contribution < 1.29 is 14.3 Å². The van der Waals surface area contributed by atoms with Crippen molar-refractivity contribution >= 4 is 45.7 Å². The lowest BCUT2D eigenvalue weighted by molar-refractivity contribution is -0.121. The predicted octanol–water partition coefficient (Wildman–Crippen LogP) is 4.41. The Morgan fingerprint density at radius 2 is 1.81 bits per heavy atom. The molecule has 2 heterocycles. The second kappa shape index (κ2) is 10.4. The second-order valence-electron chi connectivity index (χ2n) is 7.87. The molecule has 0 aliphatic carbocycles. The number of carbonyl (C=O) groups is 2. The molecule has 2 amide bonds. The summed E-state index contributed by atoms with van der Waals surface area (Å²) in [4.78, 5) is 28.6. The molecule has 0 spiro atoms. The van der Waals surface area contributed by atoms with Gasteiger partial charge in [-0.3, -0.25) is 9.59 Å². The molecule has 4 N–H and O–H groups in total. The van der Waals surface area contributed by atoms with E-state index in [2.05, 4.69) is 36.2 Å². The third-order valence-corrected chi connectivity index (χ3v) is 5.58. The monoisotopic (exact) mass is 501 g/mol. The van der Waals surface area contributed by atoms with Gasteiger partial charge in [0.1, 0.15) is 12.3 Å². The predicted molar refractivity (Wildman–Crippen MR) is 136 cm³/mol. The molecule has 3 aromatic carbocycles. The van der Waals surface area contributed by atoms with Gasteiger partial charge in [0.05, 0.1) is 23.5 Å². The van der Waals surface area contributed by atoms with Crippen LogP contribution in [0.2, 0.25) is 5.02 Å². The van der Waals surface area contributed by atoms with Gasteiger partial charge in [-0.1, -0.05) is 54.1 Å². The average Bonchev–Trinajstić information content (AvgIpc) is 3.57. The summed E-state index contributed by atoms with van der Waals surface area (Å²) in [6.45, 7) is 0.233. The molecule has 0 unspecified atom stereocenters. The molecule has 0 bridgehead atoms. The van der Waals surface area contributed by atoms with E-state index in [-0.39, 0.29) is 18.4 Å². The van der Waals surface area contributed by atoms with Gasteiger partial charge >= 0.3 is 0 Å². The number of nitrogens with zero attached hydrogens (tertiary/aromatic N) is 3. The Balaban J connectivity index is 1.29. The number of nitrogens with one attached hydrogen (secondary N) is 4. The Morgan fingerprint density at radius 3 is 2.61 bits per heavy atom. The fourth-order valence-corrected chi connectivity index (χ4v) is 3.86. The third-order valence-electron chi connectivity index (χ3n) is 5.35. The summed E-state index contributed by atoms with van der Waals surface area (Å²) in [6, 6.07) is 21.7. The molecule has 0 aliphatic rings. The number of hydrogen-bond acceptors (Lipinski definition) is 6. The molecule has 180 valence electrons. The van der Waals surface area contributed by atoms with Crippen LogP contribution in [0.1, 0.15) is 16.1 Å². The Hall–Kier alpha value is -4.54. The Kier molecular flexibility index (Phi) is 6.69. The fraction of sp³-hybridized carbons (Fsp3) is 0.0800. The van der Waals surface area contributed by atoms with E-state index in [4.69, 9.17) is 16.3 Å². The Bertz CT molecular complexity index is 1520. The summed E-state index contributed by atoms with van der Waals surface area (Å²) in [7, 11) is 0. The Labute approximate surface area is 210 Å². The molecule has 2 aromatic heterocycles. The molecule has 0 saturated heterocycles. The standard InChI is InChI=1S/C25H20ClN7O3/c26-17-9-10-19(18(12-17)24-30-32-33-31-24)29-25(35)21-11-16-7-4-8-20(23(16)28-21)27-22(34)14-36-13-15-5-2-1-3-6-15/h1-12,28H,13-14H2,(H,27,34)(H,29,35)(H,30,31,32,33). The average molecular weight is 502 g/mol. The van der Waals surface area contributed by atoms with E-state index in [1.807, 2.05) is 36.4 Å². The van der Waals surface area contributed by atoms with Crippen LogP contribution in [-0.2, 0) is 16.1 Å². The number of para-hydroxylation sites is 1. The van der Waals surface area contributed by atoms with Gasteiger partial charge in [0.2, 0.25) is 5.91 Å². The van der Waals surface area contributed by atoms with Crippen LogP contribution in [0.15, 0.2) is 72.8 Å². The lowest BCUT2D eigenvalue weighted by Crippen LogP contribution is -2.18. The molecule has 0 aliphatic heterocycles. The molecule has 11 heteroatoms. The van der Waals surface area contributed by atoms with Crippen molar-refractivity contribution in [2.75, 3.05) is 17.2 Å². The highest BCUT2D eigenvalue weighted by Gasteiger charge is 2.16. The number of halogens is 1. The van der Waals surface area contributed by atoms with Crippen molar-refractivity contribution in [2.24, 2.45) is 0 Å². The number of H-pyrrole nitrogens is 2. The number of fused-ring (bicyclic) bond motifs is 1. The molecular weight excluding hydrogens is 482 g/mol. The molecule has 0 fully saturated rings. The van der Waals surface area contributed by atoms with Crippen LogP contribution in [0, 0.1) is 0 Å². The van der Waals surface area contributed by atoms with Crippen LogP contribution in [0.4, 0.5) is 11.4 Å². The quantitative estimate of drug-likeness (QED) is 0.248. The van der Waals surface area contributed by atoms with Gasteiger partial charge in [0.25, 0.3) is 5.91 Å². The number of amides is 2. The van der Waals surface area contributed by atoms with Crippen molar-refractivity contribution in [2.45, 2.75) is 6.61 Å². The van der Waals surface area contributed by atoms with Gasteiger partial charge < -0.3 is 20.4 Å². The lowest BCUT2D eigenvalue weighted by Gasteiger charge is -2.09. The van der Waals surface area contributed by atoms with E-state index in [0.29, 0.717) is 45.6 Å². The number of anilines is 2. The fourth-order valence-electron chi connectivity index (χ4n) is 3.69. The van der Waals surface area contributed by atoms with Crippen LogP contribution >= 0.6 is 11.6 Å². The summed E-state index contributed by atoms with van der Waals surface area (Å²) >= 11 is 6.12. The number of hydrogen-bond donors (Lipinski definition) is 4. The normalized spacial score (nSPS) is 10.9. The van der Waals surface area contributed by atoms with Crippen molar-refractivity contribution in [3.8, 4) is 11.4 Å². The first kappa shape index (κ1) is 23.2. The molecule has 10 nitrogen and oxygen atoms in total. The van der Waals surface area contributed by atoms with E-state index < -0.39 is 0 Å². The molecule has 5 aromatic rings. The van der Waals surface area contributed by atoms with E-state index in [9.17, 15) is 9.59 Å². The minimum Gasteiger partial charge on any atom is -0.367 e. The lowest BCUT2D eigenvalue weighted by atomic mass is 10.1. The summed E-state index contributed by atoms with van der Waals surface area (Å²) in [5.41, 5.74) is 3.47. The maximum atomic E-state index is 13.1. The first-order valence-electron chi connectivity index (χ1n) is 10.9. The van der Waals surface area contributed by atoms with E-state index in [1.165, 1.54) is 0 Å². The van der Waals surface area contributed by atoms with Gasteiger partial charge in [0.15, 0.2) is 5.82 Å². The van der Waals surface area contributed by atoms with Crippen molar-refractivity contribution in [1.29, 1.82) is 0 Å². The third kappa shape index (κ3) is 5.24. The number of aromatic amines is 2. The highest BCUT2D eigenvalue weighted by Crippen LogP contribution is 2.29. The zero-order valence-electron chi connectivity index (χ0n) is 18.8. The number of aromatic nitrogens is 5. The summed E-state index contributed by atoms with van der Waals surface area (Å²) in [5, 5.41) is 20.6. The molecule has 36 heavy (non-hydrogen) atoms. The van der Waals surface area contributed by atoms with Gasteiger partial charge in [-0.2, -0.15) is 0 Å². The van der Waals surface area contributed by atoms with E-state index in [1.54, 1.807) is 36.4 Å². The van der Waals surface area contributed by atoms with Crippen molar-refractivity contribution in [1.82, 2.24) is 25.6 Å². The zero-order chi connectivity index (χ0) is 24.9. The minimum absolute atomic E-state index is 0.102. The van der Waals surface area contributed by atoms with Crippen LogP contribution in [0.25, 0.3) is 22.3 Å². The number of ether oxygens (including phenoxy) is 1. The molecule has 0 radical (unpaired) electrons. The van der Waals surface area contributed by atoms with Crippen LogP contribution in [0.5, 0.6) is 0 Å². The first-order chi connectivity index (χ1) is 17.6. The SMILES string of the molecule is O=C(COCc1ccccc1)Nc1cccc2cc(C(=O)Nc3ccc(Cl)cc3-c3nnn[nH]3)[nH]c12. The summed E-state index contributed by atoms with van der Waals surface area (Å²) in [5.74, 6) is -0.319.